The Hall–Kier alpha value is -0.550. The highest BCUT2D eigenvalue weighted by Gasteiger charge is 2.35. The van der Waals surface area contributed by atoms with E-state index in [2.05, 4.69) is 11.4 Å². The van der Waals surface area contributed by atoms with Gasteiger partial charge in [0.05, 0.1) is 6.07 Å². The lowest BCUT2D eigenvalue weighted by atomic mass is 9.91. The summed E-state index contributed by atoms with van der Waals surface area (Å²) >= 11 is 0. The van der Waals surface area contributed by atoms with Crippen LogP contribution in [0.15, 0.2) is 0 Å². The van der Waals surface area contributed by atoms with E-state index in [1.54, 1.807) is 0 Å². The molecule has 2 nitrogen and oxygen atoms in total. The van der Waals surface area contributed by atoms with Crippen LogP contribution in [0.4, 0.5) is 0 Å². The van der Waals surface area contributed by atoms with E-state index >= 15 is 0 Å². The Morgan fingerprint density at radius 3 is 2.21 bits per heavy atom. The molecule has 14 heavy (non-hydrogen) atoms. The van der Waals surface area contributed by atoms with Gasteiger partial charge in [-0.2, -0.15) is 5.26 Å². The Balaban J connectivity index is 1.90. The molecule has 0 aromatic heterocycles. The van der Waals surface area contributed by atoms with Gasteiger partial charge in [-0.25, -0.2) is 0 Å². The molecule has 0 amide bonds. The number of nitriles is 1. The fourth-order valence-corrected chi connectivity index (χ4v) is 2.90. The van der Waals surface area contributed by atoms with E-state index in [0.29, 0.717) is 6.04 Å². The van der Waals surface area contributed by atoms with Gasteiger partial charge in [0.25, 0.3) is 0 Å². The molecule has 0 atom stereocenters. The van der Waals surface area contributed by atoms with Gasteiger partial charge in [-0.15, -0.1) is 0 Å². The summed E-state index contributed by atoms with van der Waals surface area (Å²) < 4.78 is 0. The highest BCUT2D eigenvalue weighted by Crippen LogP contribution is 2.31. The van der Waals surface area contributed by atoms with E-state index in [1.807, 2.05) is 0 Å². The van der Waals surface area contributed by atoms with Crippen molar-refractivity contribution in [1.82, 2.24) is 5.32 Å². The Kier molecular flexibility index (Phi) is 3.08. The fourth-order valence-electron chi connectivity index (χ4n) is 2.90. The van der Waals surface area contributed by atoms with Crippen molar-refractivity contribution in [2.75, 3.05) is 0 Å². The van der Waals surface area contributed by atoms with Gasteiger partial charge in [0.15, 0.2) is 0 Å². The van der Waals surface area contributed by atoms with E-state index in [1.165, 1.54) is 44.9 Å². The smallest absolute Gasteiger partial charge is 0.106 e. The summed E-state index contributed by atoms with van der Waals surface area (Å²) in [5, 5.41) is 12.9. The Labute approximate surface area is 86.7 Å². The molecule has 0 saturated heterocycles. The highest BCUT2D eigenvalue weighted by molar-refractivity contribution is 5.10. The zero-order valence-corrected chi connectivity index (χ0v) is 8.89. The minimum atomic E-state index is -0.151. The summed E-state index contributed by atoms with van der Waals surface area (Å²) in [7, 11) is 0. The molecule has 2 heteroatoms. The molecule has 0 heterocycles. The number of hydrogen-bond donors (Lipinski definition) is 1. The van der Waals surface area contributed by atoms with Crippen LogP contribution >= 0.6 is 0 Å². The molecule has 0 bridgehead atoms. The average Bonchev–Trinajstić information content (AvgIpc) is 2.69. The molecule has 2 aliphatic carbocycles. The van der Waals surface area contributed by atoms with Gasteiger partial charge >= 0.3 is 0 Å². The number of nitrogens with one attached hydrogen (secondary N) is 1. The van der Waals surface area contributed by atoms with E-state index < -0.39 is 0 Å². The third-order valence-electron chi connectivity index (χ3n) is 3.76. The topological polar surface area (TPSA) is 35.8 Å². The largest absolute Gasteiger partial charge is 0.297 e. The van der Waals surface area contributed by atoms with Crippen LogP contribution in [0.1, 0.15) is 57.8 Å². The van der Waals surface area contributed by atoms with Crippen LogP contribution in [0.5, 0.6) is 0 Å². The third kappa shape index (κ3) is 2.09. The highest BCUT2D eigenvalue weighted by atomic mass is 15.0. The van der Waals surface area contributed by atoms with Crippen LogP contribution in [0.2, 0.25) is 0 Å². The zero-order valence-electron chi connectivity index (χ0n) is 8.89. The Morgan fingerprint density at radius 1 is 1.00 bits per heavy atom. The third-order valence-corrected chi connectivity index (χ3v) is 3.76. The molecular formula is C12H20N2. The van der Waals surface area contributed by atoms with E-state index in [0.717, 1.165) is 12.8 Å². The van der Waals surface area contributed by atoms with Gasteiger partial charge in [0.2, 0.25) is 0 Å². The first-order valence-electron chi connectivity index (χ1n) is 6.04. The lowest BCUT2D eigenvalue weighted by Crippen LogP contribution is -2.48. The first-order chi connectivity index (χ1) is 6.85. The molecule has 0 aromatic rings. The second-order valence-electron chi connectivity index (χ2n) is 4.88. The molecule has 2 aliphatic rings. The molecule has 0 spiro atoms. The normalized spacial score (nSPS) is 27.4. The van der Waals surface area contributed by atoms with E-state index in [4.69, 9.17) is 0 Å². The molecule has 2 saturated carbocycles. The molecule has 0 aliphatic heterocycles. The number of hydrogen-bond acceptors (Lipinski definition) is 2. The standard InChI is InChI=1S/C12H20N2/c13-10-12(8-4-5-9-12)14-11-6-2-1-3-7-11/h11,14H,1-9H2. The molecule has 1 N–H and O–H groups in total. The van der Waals surface area contributed by atoms with Gasteiger partial charge in [0.1, 0.15) is 5.54 Å². The van der Waals surface area contributed by atoms with Crippen molar-refractivity contribution in [3.05, 3.63) is 0 Å². The second kappa shape index (κ2) is 4.31. The summed E-state index contributed by atoms with van der Waals surface area (Å²) in [6.07, 6.45) is 11.2. The molecule has 78 valence electrons. The molecule has 0 unspecified atom stereocenters. The van der Waals surface area contributed by atoms with E-state index in [9.17, 15) is 5.26 Å². The minimum Gasteiger partial charge on any atom is -0.297 e. The van der Waals surface area contributed by atoms with Gasteiger partial charge in [-0.3, -0.25) is 5.32 Å². The Morgan fingerprint density at radius 2 is 1.64 bits per heavy atom. The van der Waals surface area contributed by atoms with Crippen molar-refractivity contribution in [2.24, 2.45) is 0 Å². The molecular weight excluding hydrogens is 172 g/mol. The number of nitrogens with zero attached hydrogens (tertiary/aromatic N) is 1. The van der Waals surface area contributed by atoms with Gasteiger partial charge in [-0.1, -0.05) is 32.1 Å². The molecule has 0 radical (unpaired) electrons. The first kappa shape index (κ1) is 9.98. The van der Waals surface area contributed by atoms with Crippen molar-refractivity contribution in [2.45, 2.75) is 69.4 Å². The Bertz CT molecular complexity index is 217. The average molecular weight is 192 g/mol. The quantitative estimate of drug-likeness (QED) is 0.730. The maximum absolute atomic E-state index is 9.23. The van der Waals surface area contributed by atoms with Crippen LogP contribution < -0.4 is 5.32 Å². The summed E-state index contributed by atoms with van der Waals surface area (Å²) in [6.45, 7) is 0. The van der Waals surface area contributed by atoms with Gasteiger partial charge in [0, 0.05) is 6.04 Å². The summed E-state index contributed by atoms with van der Waals surface area (Å²) in [6, 6.07) is 3.14. The predicted octanol–water partition coefficient (Wildman–Crippen LogP) is 2.75. The summed E-state index contributed by atoms with van der Waals surface area (Å²) in [5.41, 5.74) is -0.151. The van der Waals surface area contributed by atoms with E-state index in [-0.39, 0.29) is 5.54 Å². The van der Waals surface area contributed by atoms with Crippen molar-refractivity contribution in [1.29, 1.82) is 5.26 Å². The second-order valence-corrected chi connectivity index (χ2v) is 4.88. The lowest BCUT2D eigenvalue weighted by Gasteiger charge is -2.31. The summed E-state index contributed by atoms with van der Waals surface area (Å²) in [4.78, 5) is 0. The van der Waals surface area contributed by atoms with Crippen molar-refractivity contribution >= 4 is 0 Å². The van der Waals surface area contributed by atoms with Gasteiger partial charge < -0.3 is 0 Å². The van der Waals surface area contributed by atoms with Crippen LogP contribution in [0.25, 0.3) is 0 Å². The van der Waals surface area contributed by atoms with Crippen LogP contribution in [-0.4, -0.2) is 11.6 Å². The zero-order chi connectivity index (χ0) is 9.86. The monoisotopic (exact) mass is 192 g/mol. The lowest BCUT2D eigenvalue weighted by molar-refractivity contribution is 0.296. The molecule has 2 rings (SSSR count). The van der Waals surface area contributed by atoms with Crippen molar-refractivity contribution < 1.29 is 0 Å². The fraction of sp³-hybridized carbons (Fsp3) is 0.917. The van der Waals surface area contributed by atoms with Gasteiger partial charge in [-0.05, 0) is 25.7 Å². The van der Waals surface area contributed by atoms with Crippen LogP contribution in [-0.2, 0) is 0 Å². The molecule has 0 aromatic carbocycles. The van der Waals surface area contributed by atoms with Crippen molar-refractivity contribution in [3.8, 4) is 6.07 Å². The number of rotatable bonds is 2. The first-order valence-corrected chi connectivity index (χ1v) is 6.04. The summed E-state index contributed by atoms with van der Waals surface area (Å²) in [5.74, 6) is 0. The minimum absolute atomic E-state index is 0.151. The molecule has 2 fully saturated rings. The van der Waals surface area contributed by atoms with Crippen molar-refractivity contribution in [3.63, 3.8) is 0 Å². The SMILES string of the molecule is N#CC1(NC2CCCCC2)CCCC1. The maximum Gasteiger partial charge on any atom is 0.106 e. The maximum atomic E-state index is 9.23. The predicted molar refractivity (Wildman–Crippen MR) is 56.8 cm³/mol. The van der Waals surface area contributed by atoms with Crippen LogP contribution in [0.3, 0.4) is 0 Å². The van der Waals surface area contributed by atoms with Crippen LogP contribution in [0, 0.1) is 11.3 Å².